The van der Waals surface area contributed by atoms with Crippen molar-refractivity contribution in [3.05, 3.63) is 28.0 Å². The summed E-state index contributed by atoms with van der Waals surface area (Å²) >= 11 is 3.32. The van der Waals surface area contributed by atoms with E-state index in [2.05, 4.69) is 40.0 Å². The lowest BCUT2D eigenvalue weighted by atomic mass is 9.90. The minimum atomic E-state index is -0.181. The number of anilines is 1. The SMILES string of the molecule is Cc1cc(F)c(Br)cc1N1CC(C)(C2CC2)NCC1C. The van der Waals surface area contributed by atoms with E-state index in [1.165, 1.54) is 12.8 Å². The summed E-state index contributed by atoms with van der Waals surface area (Å²) in [5.41, 5.74) is 2.36. The first-order valence-corrected chi connectivity index (χ1v) is 8.17. The van der Waals surface area contributed by atoms with Gasteiger partial charge in [-0.1, -0.05) is 0 Å². The molecule has 3 rings (SSSR count). The van der Waals surface area contributed by atoms with Gasteiger partial charge in [-0.2, -0.15) is 0 Å². The number of piperazine rings is 1. The van der Waals surface area contributed by atoms with Gasteiger partial charge in [-0.15, -0.1) is 0 Å². The Labute approximate surface area is 128 Å². The topological polar surface area (TPSA) is 15.3 Å². The van der Waals surface area contributed by atoms with Gasteiger partial charge in [-0.05, 0) is 73.2 Å². The maximum atomic E-state index is 13.6. The van der Waals surface area contributed by atoms with Crippen LogP contribution in [-0.2, 0) is 0 Å². The third-order valence-electron chi connectivity index (χ3n) is 4.86. The highest BCUT2D eigenvalue weighted by molar-refractivity contribution is 9.10. The van der Waals surface area contributed by atoms with Crippen LogP contribution in [0.25, 0.3) is 0 Å². The number of halogens is 2. The minimum absolute atomic E-state index is 0.181. The number of benzene rings is 1. The molecule has 2 fully saturated rings. The number of hydrogen-bond acceptors (Lipinski definition) is 2. The monoisotopic (exact) mass is 340 g/mol. The molecule has 0 spiro atoms. The molecule has 0 amide bonds. The normalized spacial score (nSPS) is 30.6. The van der Waals surface area contributed by atoms with Crippen LogP contribution in [0.4, 0.5) is 10.1 Å². The molecule has 0 bridgehead atoms. The Kier molecular flexibility index (Phi) is 3.57. The lowest BCUT2D eigenvalue weighted by molar-refractivity contribution is 0.260. The standard InChI is InChI=1S/C16H22BrFN2/c1-10-6-14(18)13(17)7-15(10)20-9-16(3,12-4-5-12)19-8-11(20)2/h6-7,11-12,19H,4-5,8-9H2,1-3H3. The summed E-state index contributed by atoms with van der Waals surface area (Å²) in [5.74, 6) is 0.612. The van der Waals surface area contributed by atoms with Crippen molar-refractivity contribution in [2.75, 3.05) is 18.0 Å². The van der Waals surface area contributed by atoms with Gasteiger partial charge in [-0.25, -0.2) is 4.39 Å². The summed E-state index contributed by atoms with van der Waals surface area (Å²) < 4.78 is 14.2. The molecule has 2 atom stereocenters. The Balaban J connectivity index is 1.93. The molecule has 0 aromatic heterocycles. The van der Waals surface area contributed by atoms with E-state index >= 15 is 0 Å². The molecular formula is C16H22BrFN2. The van der Waals surface area contributed by atoms with Crippen molar-refractivity contribution in [2.45, 2.75) is 45.2 Å². The highest BCUT2D eigenvalue weighted by atomic mass is 79.9. The van der Waals surface area contributed by atoms with Gasteiger partial charge in [0.15, 0.2) is 0 Å². The molecule has 1 saturated carbocycles. The second kappa shape index (κ2) is 4.99. The van der Waals surface area contributed by atoms with Gasteiger partial charge in [0, 0.05) is 30.4 Å². The first-order chi connectivity index (χ1) is 9.40. The van der Waals surface area contributed by atoms with Gasteiger partial charge >= 0.3 is 0 Å². The quantitative estimate of drug-likeness (QED) is 0.879. The van der Waals surface area contributed by atoms with Crippen LogP contribution in [0.3, 0.4) is 0 Å². The molecule has 1 aliphatic heterocycles. The maximum absolute atomic E-state index is 13.6. The minimum Gasteiger partial charge on any atom is -0.365 e. The Bertz CT molecular complexity index is 529. The van der Waals surface area contributed by atoms with Crippen LogP contribution in [0, 0.1) is 18.7 Å². The average Bonchev–Trinajstić information content (AvgIpc) is 3.22. The molecule has 1 N–H and O–H groups in total. The molecule has 1 aromatic carbocycles. The fraction of sp³-hybridized carbons (Fsp3) is 0.625. The molecule has 2 unspecified atom stereocenters. The van der Waals surface area contributed by atoms with Crippen molar-refractivity contribution >= 4 is 21.6 Å². The highest BCUT2D eigenvalue weighted by Gasteiger charge is 2.45. The van der Waals surface area contributed by atoms with Crippen molar-refractivity contribution in [3.8, 4) is 0 Å². The summed E-state index contributed by atoms with van der Waals surface area (Å²) in [6.45, 7) is 8.54. The number of aryl methyl sites for hydroxylation is 1. The summed E-state index contributed by atoms with van der Waals surface area (Å²) in [4.78, 5) is 2.44. The Hall–Kier alpha value is -0.610. The van der Waals surface area contributed by atoms with Gasteiger partial charge in [0.2, 0.25) is 0 Å². The fourth-order valence-corrected chi connectivity index (χ4v) is 3.65. The van der Waals surface area contributed by atoms with Crippen LogP contribution in [0.5, 0.6) is 0 Å². The predicted octanol–water partition coefficient (Wildman–Crippen LogP) is 3.86. The lowest BCUT2D eigenvalue weighted by Crippen LogP contribution is -2.63. The first kappa shape index (κ1) is 14.3. The summed E-state index contributed by atoms with van der Waals surface area (Å²) in [7, 11) is 0. The number of rotatable bonds is 2. The average molecular weight is 341 g/mol. The smallest absolute Gasteiger partial charge is 0.137 e. The zero-order valence-electron chi connectivity index (χ0n) is 12.3. The van der Waals surface area contributed by atoms with E-state index in [9.17, 15) is 4.39 Å². The molecule has 1 heterocycles. The number of nitrogens with zero attached hydrogens (tertiary/aromatic N) is 1. The van der Waals surface area contributed by atoms with E-state index in [1.54, 1.807) is 6.07 Å². The van der Waals surface area contributed by atoms with Gasteiger partial charge in [-0.3, -0.25) is 0 Å². The summed E-state index contributed by atoms with van der Waals surface area (Å²) in [5, 5.41) is 3.72. The van der Waals surface area contributed by atoms with E-state index < -0.39 is 0 Å². The predicted molar refractivity (Wildman–Crippen MR) is 84.8 cm³/mol. The maximum Gasteiger partial charge on any atom is 0.137 e. The number of nitrogens with one attached hydrogen (secondary N) is 1. The molecule has 2 aliphatic rings. The van der Waals surface area contributed by atoms with E-state index in [-0.39, 0.29) is 11.4 Å². The second-order valence-corrected chi connectivity index (χ2v) is 7.46. The van der Waals surface area contributed by atoms with Crippen LogP contribution in [0.2, 0.25) is 0 Å². The first-order valence-electron chi connectivity index (χ1n) is 7.38. The summed E-state index contributed by atoms with van der Waals surface area (Å²) in [6.07, 6.45) is 2.66. The zero-order chi connectivity index (χ0) is 14.5. The highest BCUT2D eigenvalue weighted by Crippen LogP contribution is 2.42. The van der Waals surface area contributed by atoms with Crippen LogP contribution in [-0.4, -0.2) is 24.7 Å². The van der Waals surface area contributed by atoms with Crippen molar-refractivity contribution in [1.29, 1.82) is 0 Å². The lowest BCUT2D eigenvalue weighted by Gasteiger charge is -2.47. The molecule has 2 nitrogen and oxygen atoms in total. The number of hydrogen-bond donors (Lipinski definition) is 1. The largest absolute Gasteiger partial charge is 0.365 e. The third kappa shape index (κ3) is 2.48. The van der Waals surface area contributed by atoms with E-state index in [0.717, 1.165) is 30.3 Å². The van der Waals surface area contributed by atoms with E-state index in [0.29, 0.717) is 10.5 Å². The van der Waals surface area contributed by atoms with Crippen molar-refractivity contribution in [3.63, 3.8) is 0 Å². The van der Waals surface area contributed by atoms with Crippen molar-refractivity contribution in [1.82, 2.24) is 5.32 Å². The van der Waals surface area contributed by atoms with Crippen molar-refractivity contribution < 1.29 is 4.39 Å². The van der Waals surface area contributed by atoms with Gasteiger partial charge in [0.05, 0.1) is 4.47 Å². The molecule has 1 aromatic rings. The van der Waals surface area contributed by atoms with Crippen LogP contribution in [0.15, 0.2) is 16.6 Å². The van der Waals surface area contributed by atoms with Gasteiger partial charge in [0.25, 0.3) is 0 Å². The molecule has 1 aliphatic carbocycles. The molecule has 1 saturated heterocycles. The Morgan fingerprint density at radius 2 is 2.10 bits per heavy atom. The zero-order valence-corrected chi connectivity index (χ0v) is 13.9. The molecule has 4 heteroatoms. The molecular weight excluding hydrogens is 319 g/mol. The molecule has 110 valence electrons. The fourth-order valence-electron chi connectivity index (χ4n) is 3.32. The second-order valence-electron chi connectivity index (χ2n) is 6.60. The van der Waals surface area contributed by atoms with Crippen LogP contribution >= 0.6 is 15.9 Å². The van der Waals surface area contributed by atoms with Crippen LogP contribution < -0.4 is 10.2 Å². The van der Waals surface area contributed by atoms with E-state index in [1.807, 2.05) is 13.0 Å². The van der Waals surface area contributed by atoms with Crippen LogP contribution in [0.1, 0.15) is 32.3 Å². The van der Waals surface area contributed by atoms with E-state index in [4.69, 9.17) is 0 Å². The molecule has 0 radical (unpaired) electrons. The van der Waals surface area contributed by atoms with Gasteiger partial charge in [0.1, 0.15) is 5.82 Å². The Morgan fingerprint density at radius 3 is 2.75 bits per heavy atom. The van der Waals surface area contributed by atoms with Crippen molar-refractivity contribution in [2.24, 2.45) is 5.92 Å². The third-order valence-corrected chi connectivity index (χ3v) is 5.47. The molecule has 20 heavy (non-hydrogen) atoms. The van der Waals surface area contributed by atoms with Gasteiger partial charge < -0.3 is 10.2 Å². The summed E-state index contributed by atoms with van der Waals surface area (Å²) in [6, 6.07) is 3.99. The Morgan fingerprint density at radius 1 is 1.40 bits per heavy atom.